The molecular formula is C8H15NO2. The Labute approximate surface area is 67.3 Å². The monoisotopic (exact) mass is 157 g/mol. The lowest BCUT2D eigenvalue weighted by atomic mass is 10.1. The first-order chi connectivity index (χ1) is 5.01. The first-order valence-corrected chi connectivity index (χ1v) is 3.91. The second-order valence-corrected chi connectivity index (χ2v) is 3.55. The van der Waals surface area contributed by atoms with E-state index in [1.165, 1.54) is 0 Å². The van der Waals surface area contributed by atoms with Gasteiger partial charge in [0.25, 0.3) is 0 Å². The number of morpholine rings is 1. The van der Waals surface area contributed by atoms with E-state index in [2.05, 4.69) is 0 Å². The molecule has 1 amide bonds. The molecule has 0 unspecified atom stereocenters. The van der Waals surface area contributed by atoms with Crippen molar-refractivity contribution >= 4 is 5.91 Å². The molecule has 0 spiro atoms. The molecule has 1 fully saturated rings. The molecule has 1 rings (SSSR count). The zero-order chi connectivity index (χ0) is 8.48. The van der Waals surface area contributed by atoms with Crippen LogP contribution in [0, 0.1) is 0 Å². The number of nitrogens with zero attached hydrogens (tertiary/aromatic N) is 1. The summed E-state index contributed by atoms with van der Waals surface area (Å²) in [5, 5.41) is 0. The summed E-state index contributed by atoms with van der Waals surface area (Å²) in [6.07, 6.45) is 0. The summed E-state index contributed by atoms with van der Waals surface area (Å²) in [4.78, 5) is 12.8. The Kier molecular flexibility index (Phi) is 2.18. The van der Waals surface area contributed by atoms with Gasteiger partial charge in [-0.3, -0.25) is 4.79 Å². The highest BCUT2D eigenvalue weighted by Crippen LogP contribution is 2.15. The van der Waals surface area contributed by atoms with E-state index >= 15 is 0 Å². The van der Waals surface area contributed by atoms with E-state index < -0.39 is 0 Å². The van der Waals surface area contributed by atoms with Crippen molar-refractivity contribution in [1.82, 2.24) is 4.90 Å². The van der Waals surface area contributed by atoms with Gasteiger partial charge in [0.05, 0.1) is 12.2 Å². The third-order valence-electron chi connectivity index (χ3n) is 1.87. The maximum atomic E-state index is 11.0. The van der Waals surface area contributed by atoms with Crippen LogP contribution in [0.2, 0.25) is 0 Å². The van der Waals surface area contributed by atoms with E-state index in [1.807, 2.05) is 18.7 Å². The van der Waals surface area contributed by atoms with Crippen LogP contribution in [0.1, 0.15) is 20.8 Å². The molecule has 64 valence electrons. The Balaban J connectivity index is 2.53. The zero-order valence-electron chi connectivity index (χ0n) is 7.39. The standard InChI is InChI=1S/C8H15NO2/c1-7(10)9-4-5-11-8(2,3)6-9/h4-6H2,1-3H3. The summed E-state index contributed by atoms with van der Waals surface area (Å²) in [6.45, 7) is 7.71. The summed E-state index contributed by atoms with van der Waals surface area (Å²) < 4.78 is 5.45. The molecule has 0 aromatic heterocycles. The number of rotatable bonds is 0. The van der Waals surface area contributed by atoms with Crippen LogP contribution in [-0.2, 0) is 9.53 Å². The number of carbonyl (C=O) groups excluding carboxylic acids is 1. The first-order valence-electron chi connectivity index (χ1n) is 3.91. The fourth-order valence-electron chi connectivity index (χ4n) is 1.29. The van der Waals surface area contributed by atoms with Crippen molar-refractivity contribution < 1.29 is 9.53 Å². The predicted octanol–water partition coefficient (Wildman–Crippen LogP) is 0.644. The molecule has 0 radical (unpaired) electrons. The van der Waals surface area contributed by atoms with Gasteiger partial charge in [-0.15, -0.1) is 0 Å². The normalized spacial score (nSPS) is 23.4. The summed E-state index contributed by atoms with van der Waals surface area (Å²) in [6, 6.07) is 0. The van der Waals surface area contributed by atoms with E-state index in [4.69, 9.17) is 4.74 Å². The average Bonchev–Trinajstić information content (AvgIpc) is 1.85. The summed E-state index contributed by atoms with van der Waals surface area (Å²) in [5.41, 5.74) is -0.163. The van der Waals surface area contributed by atoms with Gasteiger partial charge in [-0.1, -0.05) is 0 Å². The van der Waals surface area contributed by atoms with Crippen molar-refractivity contribution in [3.05, 3.63) is 0 Å². The van der Waals surface area contributed by atoms with E-state index in [1.54, 1.807) is 6.92 Å². The third-order valence-corrected chi connectivity index (χ3v) is 1.87. The number of hydrogen-bond donors (Lipinski definition) is 0. The van der Waals surface area contributed by atoms with Crippen molar-refractivity contribution in [3.63, 3.8) is 0 Å². The van der Waals surface area contributed by atoms with Crippen molar-refractivity contribution in [2.24, 2.45) is 0 Å². The van der Waals surface area contributed by atoms with Crippen LogP contribution >= 0.6 is 0 Å². The summed E-state index contributed by atoms with van der Waals surface area (Å²) >= 11 is 0. The van der Waals surface area contributed by atoms with Gasteiger partial charge in [0, 0.05) is 20.0 Å². The fraction of sp³-hybridized carbons (Fsp3) is 0.875. The highest BCUT2D eigenvalue weighted by atomic mass is 16.5. The van der Waals surface area contributed by atoms with Crippen LogP contribution in [0.5, 0.6) is 0 Å². The largest absolute Gasteiger partial charge is 0.372 e. The Morgan fingerprint density at radius 1 is 1.55 bits per heavy atom. The molecule has 0 bridgehead atoms. The van der Waals surface area contributed by atoms with Crippen LogP contribution in [0.3, 0.4) is 0 Å². The van der Waals surface area contributed by atoms with Crippen LogP contribution in [0.15, 0.2) is 0 Å². The summed E-state index contributed by atoms with van der Waals surface area (Å²) in [7, 11) is 0. The molecule has 1 heterocycles. The molecule has 3 heteroatoms. The van der Waals surface area contributed by atoms with Gasteiger partial charge >= 0.3 is 0 Å². The van der Waals surface area contributed by atoms with Gasteiger partial charge in [-0.05, 0) is 13.8 Å². The third kappa shape index (κ3) is 2.19. The second-order valence-electron chi connectivity index (χ2n) is 3.55. The van der Waals surface area contributed by atoms with Crippen molar-refractivity contribution in [2.45, 2.75) is 26.4 Å². The molecule has 3 nitrogen and oxygen atoms in total. The van der Waals surface area contributed by atoms with E-state index in [0.717, 1.165) is 6.54 Å². The second kappa shape index (κ2) is 2.81. The minimum Gasteiger partial charge on any atom is -0.372 e. The molecule has 1 aliphatic rings. The van der Waals surface area contributed by atoms with E-state index in [-0.39, 0.29) is 11.5 Å². The molecule has 0 atom stereocenters. The minimum absolute atomic E-state index is 0.140. The molecule has 0 N–H and O–H groups in total. The van der Waals surface area contributed by atoms with Crippen LogP contribution in [0.4, 0.5) is 0 Å². The van der Waals surface area contributed by atoms with Gasteiger partial charge < -0.3 is 9.64 Å². The van der Waals surface area contributed by atoms with E-state index in [0.29, 0.717) is 13.2 Å². The lowest BCUT2D eigenvalue weighted by Crippen LogP contribution is -2.49. The molecule has 0 saturated carbocycles. The molecule has 1 saturated heterocycles. The number of ether oxygens (including phenoxy) is 1. The van der Waals surface area contributed by atoms with Gasteiger partial charge in [-0.2, -0.15) is 0 Å². The Hall–Kier alpha value is -0.570. The molecule has 11 heavy (non-hydrogen) atoms. The highest BCUT2D eigenvalue weighted by Gasteiger charge is 2.28. The fourth-order valence-corrected chi connectivity index (χ4v) is 1.29. The molecule has 0 aromatic rings. The highest BCUT2D eigenvalue weighted by molar-refractivity contribution is 5.73. The first kappa shape index (κ1) is 8.53. The molecular weight excluding hydrogens is 142 g/mol. The predicted molar refractivity (Wildman–Crippen MR) is 42.3 cm³/mol. The van der Waals surface area contributed by atoms with Crippen LogP contribution < -0.4 is 0 Å². The van der Waals surface area contributed by atoms with Gasteiger partial charge in [0.15, 0.2) is 0 Å². The molecule has 1 aliphatic heterocycles. The van der Waals surface area contributed by atoms with E-state index in [9.17, 15) is 4.79 Å². The molecule has 0 aromatic carbocycles. The number of hydrogen-bond acceptors (Lipinski definition) is 2. The zero-order valence-corrected chi connectivity index (χ0v) is 7.39. The van der Waals surface area contributed by atoms with Crippen molar-refractivity contribution in [3.8, 4) is 0 Å². The quantitative estimate of drug-likeness (QED) is 0.516. The SMILES string of the molecule is CC(=O)N1CCOC(C)(C)C1. The number of amides is 1. The minimum atomic E-state index is -0.163. The Morgan fingerprint density at radius 3 is 2.55 bits per heavy atom. The Morgan fingerprint density at radius 2 is 2.18 bits per heavy atom. The maximum absolute atomic E-state index is 11.0. The summed E-state index contributed by atoms with van der Waals surface area (Å²) in [5.74, 6) is 0.140. The number of carbonyl (C=O) groups is 1. The van der Waals surface area contributed by atoms with Gasteiger partial charge in [0.2, 0.25) is 5.91 Å². The maximum Gasteiger partial charge on any atom is 0.219 e. The Bertz CT molecular complexity index is 165. The van der Waals surface area contributed by atoms with Crippen molar-refractivity contribution in [1.29, 1.82) is 0 Å². The lowest BCUT2D eigenvalue weighted by molar-refractivity contribution is -0.143. The molecule has 0 aliphatic carbocycles. The van der Waals surface area contributed by atoms with Gasteiger partial charge in [0.1, 0.15) is 0 Å². The topological polar surface area (TPSA) is 29.5 Å². The van der Waals surface area contributed by atoms with Crippen molar-refractivity contribution in [2.75, 3.05) is 19.7 Å². The van der Waals surface area contributed by atoms with Gasteiger partial charge in [-0.25, -0.2) is 0 Å². The van der Waals surface area contributed by atoms with Crippen LogP contribution in [-0.4, -0.2) is 36.1 Å². The average molecular weight is 157 g/mol. The van der Waals surface area contributed by atoms with Crippen LogP contribution in [0.25, 0.3) is 0 Å². The smallest absolute Gasteiger partial charge is 0.219 e. The lowest BCUT2D eigenvalue weighted by Gasteiger charge is -2.37.